The number of rotatable bonds is 4. The smallest absolute Gasteiger partial charge is 0.193 e. The van der Waals surface area contributed by atoms with Gasteiger partial charge < -0.3 is 0 Å². The molecule has 0 radical (unpaired) electrons. The second kappa shape index (κ2) is 7.11. The van der Waals surface area contributed by atoms with Gasteiger partial charge in [-0.05, 0) is 36.4 Å². The van der Waals surface area contributed by atoms with E-state index in [0.29, 0.717) is 11.1 Å². The summed E-state index contributed by atoms with van der Waals surface area (Å²) < 4.78 is 0. The minimum Gasteiger partial charge on any atom is -0.289 e. The number of ketones is 1. The lowest BCUT2D eigenvalue weighted by Gasteiger charge is -2.11. The van der Waals surface area contributed by atoms with Gasteiger partial charge in [0.2, 0.25) is 0 Å². The van der Waals surface area contributed by atoms with Crippen LogP contribution in [0.1, 0.15) is 15.9 Å². The highest BCUT2D eigenvalue weighted by molar-refractivity contribution is 6.13. The van der Waals surface area contributed by atoms with Gasteiger partial charge in [0.1, 0.15) is 0 Å². The Labute approximate surface area is 152 Å². The first-order valence-corrected chi connectivity index (χ1v) is 8.39. The average Bonchev–Trinajstić information content (AvgIpc) is 2.75. The zero-order valence-corrected chi connectivity index (χ0v) is 14.0. The molecule has 0 saturated heterocycles. The predicted octanol–water partition coefficient (Wildman–Crippen LogP) is 5.04. The van der Waals surface area contributed by atoms with E-state index in [-0.39, 0.29) is 5.78 Å². The highest BCUT2D eigenvalue weighted by Gasteiger charge is 2.16. The van der Waals surface area contributed by atoms with Crippen molar-refractivity contribution in [1.82, 2.24) is 9.97 Å². The van der Waals surface area contributed by atoms with E-state index in [2.05, 4.69) is 9.97 Å². The zero-order chi connectivity index (χ0) is 17.8. The van der Waals surface area contributed by atoms with Crippen LogP contribution in [0.3, 0.4) is 0 Å². The maximum absolute atomic E-state index is 13.0. The molecule has 2 aromatic heterocycles. The molecule has 0 unspecified atom stereocenters. The van der Waals surface area contributed by atoms with Crippen LogP contribution in [-0.4, -0.2) is 15.8 Å². The number of carbonyl (C=O) groups is 1. The van der Waals surface area contributed by atoms with Crippen LogP contribution < -0.4 is 0 Å². The molecule has 4 aromatic rings. The van der Waals surface area contributed by atoms with E-state index < -0.39 is 0 Å². The third-order valence-corrected chi connectivity index (χ3v) is 4.20. The first-order valence-electron chi connectivity index (χ1n) is 8.39. The van der Waals surface area contributed by atoms with Crippen molar-refractivity contribution in [2.75, 3.05) is 0 Å². The third kappa shape index (κ3) is 3.15. The molecule has 0 bridgehead atoms. The first kappa shape index (κ1) is 15.9. The summed E-state index contributed by atoms with van der Waals surface area (Å²) in [5.74, 6) is -0.0150. The Morgan fingerprint density at radius 3 is 1.96 bits per heavy atom. The topological polar surface area (TPSA) is 42.9 Å². The SMILES string of the molecule is O=C(c1ccccc1)c1ccc(-c2ccccn2)cc1-c1ccccn1. The van der Waals surface area contributed by atoms with Crippen molar-refractivity contribution < 1.29 is 4.79 Å². The number of hydrogen-bond donors (Lipinski definition) is 0. The fraction of sp³-hybridized carbons (Fsp3) is 0. The molecule has 2 heterocycles. The predicted molar refractivity (Wildman–Crippen MR) is 103 cm³/mol. The normalized spacial score (nSPS) is 10.5. The number of benzene rings is 2. The highest BCUT2D eigenvalue weighted by atomic mass is 16.1. The minimum atomic E-state index is -0.0150. The van der Waals surface area contributed by atoms with Crippen molar-refractivity contribution in [2.45, 2.75) is 0 Å². The number of pyridine rings is 2. The summed E-state index contributed by atoms with van der Waals surface area (Å²) in [6.07, 6.45) is 3.50. The minimum absolute atomic E-state index is 0.0150. The number of nitrogens with zero attached hydrogens (tertiary/aromatic N) is 2. The molecule has 0 saturated carbocycles. The van der Waals surface area contributed by atoms with Crippen LogP contribution in [0, 0.1) is 0 Å². The molecule has 0 aliphatic rings. The lowest BCUT2D eigenvalue weighted by Crippen LogP contribution is -2.04. The van der Waals surface area contributed by atoms with Crippen molar-refractivity contribution in [3.05, 3.63) is 108 Å². The summed E-state index contributed by atoms with van der Waals surface area (Å²) >= 11 is 0. The molecular formula is C23H16N2O. The fourth-order valence-electron chi connectivity index (χ4n) is 2.91. The van der Waals surface area contributed by atoms with Crippen LogP contribution in [0.2, 0.25) is 0 Å². The van der Waals surface area contributed by atoms with Crippen molar-refractivity contribution in [2.24, 2.45) is 0 Å². The van der Waals surface area contributed by atoms with Crippen molar-refractivity contribution in [3.8, 4) is 22.5 Å². The third-order valence-electron chi connectivity index (χ3n) is 4.20. The molecule has 0 amide bonds. The summed E-state index contributed by atoms with van der Waals surface area (Å²) in [5, 5.41) is 0. The Balaban J connectivity index is 1.88. The number of aromatic nitrogens is 2. The molecule has 124 valence electrons. The average molecular weight is 336 g/mol. The first-order chi connectivity index (χ1) is 12.8. The van der Waals surface area contributed by atoms with E-state index in [9.17, 15) is 4.79 Å². The molecule has 0 aliphatic heterocycles. The van der Waals surface area contributed by atoms with Crippen molar-refractivity contribution in [3.63, 3.8) is 0 Å². The molecule has 26 heavy (non-hydrogen) atoms. The van der Waals surface area contributed by atoms with Gasteiger partial charge in [-0.25, -0.2) is 0 Å². The van der Waals surface area contributed by atoms with E-state index >= 15 is 0 Å². The fourth-order valence-corrected chi connectivity index (χ4v) is 2.91. The van der Waals surface area contributed by atoms with Crippen LogP contribution in [0.15, 0.2) is 97.3 Å². The largest absolute Gasteiger partial charge is 0.289 e. The molecule has 0 spiro atoms. The van der Waals surface area contributed by atoms with Gasteiger partial charge in [-0.1, -0.05) is 48.5 Å². The van der Waals surface area contributed by atoms with Crippen LogP contribution in [0.4, 0.5) is 0 Å². The van der Waals surface area contributed by atoms with Crippen LogP contribution in [0.25, 0.3) is 22.5 Å². The second-order valence-corrected chi connectivity index (χ2v) is 5.89. The van der Waals surface area contributed by atoms with Gasteiger partial charge in [0.05, 0.1) is 11.4 Å². The lowest BCUT2D eigenvalue weighted by atomic mass is 9.93. The molecule has 0 atom stereocenters. The standard InChI is InChI=1S/C23H16N2O/c26-23(17-8-2-1-3-9-17)19-13-12-18(21-10-4-6-14-24-21)16-20(19)22-11-5-7-15-25-22/h1-16H. The van der Waals surface area contributed by atoms with Crippen molar-refractivity contribution in [1.29, 1.82) is 0 Å². The van der Waals surface area contributed by atoms with Gasteiger partial charge in [-0.3, -0.25) is 14.8 Å². The Kier molecular flexibility index (Phi) is 4.35. The molecule has 2 aromatic carbocycles. The van der Waals surface area contributed by atoms with Crippen LogP contribution in [0.5, 0.6) is 0 Å². The van der Waals surface area contributed by atoms with Gasteiger partial charge in [0, 0.05) is 34.6 Å². The summed E-state index contributed by atoms with van der Waals surface area (Å²) in [6, 6.07) is 26.6. The van der Waals surface area contributed by atoms with E-state index in [1.165, 1.54) is 0 Å². The summed E-state index contributed by atoms with van der Waals surface area (Å²) in [5.41, 5.74) is 4.69. The van der Waals surface area contributed by atoms with E-state index in [1.807, 2.05) is 84.9 Å². The van der Waals surface area contributed by atoms with Gasteiger partial charge >= 0.3 is 0 Å². The summed E-state index contributed by atoms with van der Waals surface area (Å²) in [6.45, 7) is 0. The molecule has 3 heteroatoms. The van der Waals surface area contributed by atoms with Gasteiger partial charge in [-0.2, -0.15) is 0 Å². The maximum Gasteiger partial charge on any atom is 0.193 e. The van der Waals surface area contributed by atoms with E-state index in [0.717, 1.165) is 22.5 Å². The second-order valence-electron chi connectivity index (χ2n) is 5.89. The molecule has 0 fully saturated rings. The van der Waals surface area contributed by atoms with E-state index in [1.54, 1.807) is 12.4 Å². The molecular weight excluding hydrogens is 320 g/mol. The van der Waals surface area contributed by atoms with Gasteiger partial charge in [0.25, 0.3) is 0 Å². The number of hydrogen-bond acceptors (Lipinski definition) is 3. The van der Waals surface area contributed by atoms with E-state index in [4.69, 9.17) is 0 Å². The van der Waals surface area contributed by atoms with Crippen LogP contribution >= 0.6 is 0 Å². The Hall–Kier alpha value is -3.59. The van der Waals surface area contributed by atoms with Gasteiger partial charge in [0.15, 0.2) is 5.78 Å². The van der Waals surface area contributed by atoms with Gasteiger partial charge in [-0.15, -0.1) is 0 Å². The molecule has 4 rings (SSSR count). The Morgan fingerprint density at radius 2 is 1.31 bits per heavy atom. The Morgan fingerprint density at radius 1 is 0.654 bits per heavy atom. The highest BCUT2D eigenvalue weighted by Crippen LogP contribution is 2.29. The zero-order valence-electron chi connectivity index (χ0n) is 14.0. The summed E-state index contributed by atoms with van der Waals surface area (Å²) in [7, 11) is 0. The maximum atomic E-state index is 13.0. The Bertz CT molecular complexity index is 1030. The van der Waals surface area contributed by atoms with Crippen molar-refractivity contribution >= 4 is 5.78 Å². The molecule has 3 nitrogen and oxygen atoms in total. The molecule has 0 N–H and O–H groups in total. The number of carbonyl (C=O) groups excluding carboxylic acids is 1. The quantitative estimate of drug-likeness (QED) is 0.490. The summed E-state index contributed by atoms with van der Waals surface area (Å²) in [4.78, 5) is 21.9. The monoisotopic (exact) mass is 336 g/mol. The lowest BCUT2D eigenvalue weighted by molar-refractivity contribution is 0.103. The van der Waals surface area contributed by atoms with Crippen LogP contribution in [-0.2, 0) is 0 Å². The molecule has 0 aliphatic carbocycles.